The van der Waals surface area contributed by atoms with Gasteiger partial charge in [-0.2, -0.15) is 0 Å². The number of nitrogens with zero attached hydrogens (tertiary/aromatic N) is 1. The maximum atomic E-state index is 12.2. The molecule has 0 heterocycles. The third kappa shape index (κ3) is 7.35. The Labute approximate surface area is 175 Å². The molecule has 6 heteroatoms. The van der Waals surface area contributed by atoms with Crippen LogP contribution in [0.15, 0.2) is 29.3 Å². The molecular weight excluding hydrogens is 364 g/mol. The molecule has 1 fully saturated rings. The first-order chi connectivity index (χ1) is 14.0. The van der Waals surface area contributed by atoms with Crippen LogP contribution >= 0.6 is 0 Å². The van der Waals surface area contributed by atoms with Crippen molar-refractivity contribution in [3.05, 3.63) is 35.4 Å². The van der Waals surface area contributed by atoms with Gasteiger partial charge in [-0.1, -0.05) is 25.5 Å². The van der Waals surface area contributed by atoms with Gasteiger partial charge in [-0.05, 0) is 62.6 Å². The van der Waals surface area contributed by atoms with Crippen molar-refractivity contribution in [1.29, 1.82) is 0 Å². The Bertz CT molecular complexity index is 653. The highest BCUT2D eigenvalue weighted by molar-refractivity contribution is 5.94. The molecule has 0 radical (unpaired) electrons. The topological polar surface area (TPSA) is 74.8 Å². The van der Waals surface area contributed by atoms with Crippen molar-refractivity contribution in [2.45, 2.75) is 65.5 Å². The molecule has 6 nitrogen and oxygen atoms in total. The van der Waals surface area contributed by atoms with Crippen LogP contribution in [0, 0.1) is 5.41 Å². The van der Waals surface area contributed by atoms with Crippen LogP contribution in [0.1, 0.15) is 68.8 Å². The molecule has 3 N–H and O–H groups in total. The maximum absolute atomic E-state index is 12.2. The largest absolute Gasteiger partial charge is 0.385 e. The van der Waals surface area contributed by atoms with Crippen LogP contribution < -0.4 is 16.0 Å². The Kier molecular flexibility index (Phi) is 9.45. The number of rotatable bonds is 11. The summed E-state index contributed by atoms with van der Waals surface area (Å²) in [6, 6.07) is 7.88. The van der Waals surface area contributed by atoms with Crippen LogP contribution in [-0.4, -0.2) is 44.7 Å². The highest BCUT2D eigenvalue weighted by Crippen LogP contribution is 2.43. The minimum Gasteiger partial charge on any atom is -0.385 e. The zero-order valence-corrected chi connectivity index (χ0v) is 18.5. The lowest BCUT2D eigenvalue weighted by Crippen LogP contribution is -2.46. The van der Waals surface area contributed by atoms with E-state index in [0.717, 1.165) is 44.1 Å². The molecule has 0 bridgehead atoms. The Morgan fingerprint density at radius 2 is 1.93 bits per heavy atom. The lowest BCUT2D eigenvalue weighted by molar-refractivity contribution is 0.0732. The van der Waals surface area contributed by atoms with Crippen LogP contribution in [0.25, 0.3) is 0 Å². The van der Waals surface area contributed by atoms with Gasteiger partial charge in [-0.15, -0.1) is 0 Å². The molecule has 1 saturated carbocycles. The fourth-order valence-corrected chi connectivity index (χ4v) is 3.46. The summed E-state index contributed by atoms with van der Waals surface area (Å²) in [6.45, 7) is 9.29. The highest BCUT2D eigenvalue weighted by Gasteiger charge is 2.36. The van der Waals surface area contributed by atoms with Gasteiger partial charge >= 0.3 is 0 Å². The SMILES string of the molecule is CCNC(=NCc1ccc(C(=O)NC(C)CC)cc1)NCC1(CCOC)CCC1. The fourth-order valence-electron chi connectivity index (χ4n) is 3.46. The fraction of sp³-hybridized carbons (Fsp3) is 0.652. The maximum Gasteiger partial charge on any atom is 0.251 e. The van der Waals surface area contributed by atoms with E-state index in [9.17, 15) is 4.79 Å². The summed E-state index contributed by atoms with van der Waals surface area (Å²) in [5.74, 6) is 0.820. The smallest absolute Gasteiger partial charge is 0.251 e. The van der Waals surface area contributed by atoms with Crippen LogP contribution in [0.2, 0.25) is 0 Å². The number of carbonyl (C=O) groups excluding carboxylic acids is 1. The molecule has 0 aromatic heterocycles. The van der Waals surface area contributed by atoms with Crippen LogP contribution in [0.3, 0.4) is 0 Å². The van der Waals surface area contributed by atoms with E-state index in [1.807, 2.05) is 31.2 Å². The average Bonchev–Trinajstić information content (AvgIpc) is 2.71. The molecule has 0 saturated heterocycles. The van der Waals surface area contributed by atoms with Crippen molar-refractivity contribution in [1.82, 2.24) is 16.0 Å². The Balaban J connectivity index is 1.91. The molecule has 1 aromatic carbocycles. The van der Waals surface area contributed by atoms with E-state index in [1.54, 1.807) is 7.11 Å². The van der Waals surface area contributed by atoms with Gasteiger partial charge in [0.15, 0.2) is 5.96 Å². The number of hydrogen-bond acceptors (Lipinski definition) is 3. The lowest BCUT2D eigenvalue weighted by atomic mass is 9.67. The second-order valence-corrected chi connectivity index (χ2v) is 8.12. The monoisotopic (exact) mass is 402 g/mol. The molecule has 2 rings (SSSR count). The van der Waals surface area contributed by atoms with Gasteiger partial charge in [-0.3, -0.25) is 4.79 Å². The van der Waals surface area contributed by atoms with E-state index in [0.29, 0.717) is 17.5 Å². The van der Waals surface area contributed by atoms with Crippen LogP contribution in [-0.2, 0) is 11.3 Å². The molecule has 29 heavy (non-hydrogen) atoms. The van der Waals surface area contributed by atoms with E-state index < -0.39 is 0 Å². The van der Waals surface area contributed by atoms with E-state index in [2.05, 4.69) is 29.8 Å². The van der Waals surface area contributed by atoms with Crippen molar-refractivity contribution >= 4 is 11.9 Å². The quantitative estimate of drug-likeness (QED) is 0.391. The number of benzene rings is 1. The van der Waals surface area contributed by atoms with Gasteiger partial charge in [0.1, 0.15) is 0 Å². The van der Waals surface area contributed by atoms with Crippen molar-refractivity contribution in [2.75, 3.05) is 26.8 Å². The Morgan fingerprint density at radius 3 is 2.48 bits per heavy atom. The molecule has 1 aliphatic rings. The second kappa shape index (κ2) is 11.8. The Hall–Kier alpha value is -2.08. The molecule has 1 aromatic rings. The number of ether oxygens (including phenoxy) is 1. The summed E-state index contributed by atoms with van der Waals surface area (Å²) in [5, 5.41) is 9.84. The second-order valence-electron chi connectivity index (χ2n) is 8.12. The number of amides is 1. The molecule has 1 aliphatic carbocycles. The van der Waals surface area contributed by atoms with E-state index in [1.165, 1.54) is 19.3 Å². The van der Waals surface area contributed by atoms with E-state index in [-0.39, 0.29) is 11.9 Å². The molecule has 162 valence electrons. The molecule has 0 spiro atoms. The van der Waals surface area contributed by atoms with Gasteiger partial charge in [-0.25, -0.2) is 4.99 Å². The number of nitrogens with one attached hydrogen (secondary N) is 3. The highest BCUT2D eigenvalue weighted by atomic mass is 16.5. The standard InChI is InChI=1S/C23H38N4O2/c1-5-18(3)27-21(28)20-10-8-19(9-11-20)16-25-22(24-6-2)26-17-23(12-7-13-23)14-15-29-4/h8-11,18H,5-7,12-17H2,1-4H3,(H,27,28)(H2,24,25,26). The van der Waals surface area contributed by atoms with Crippen molar-refractivity contribution < 1.29 is 9.53 Å². The van der Waals surface area contributed by atoms with E-state index in [4.69, 9.17) is 9.73 Å². The first-order valence-electron chi connectivity index (χ1n) is 10.9. The van der Waals surface area contributed by atoms with Gasteiger partial charge in [0.05, 0.1) is 6.54 Å². The predicted octanol–water partition coefficient (Wildman–Crippen LogP) is 3.48. The third-order valence-electron chi connectivity index (χ3n) is 5.85. The third-order valence-corrected chi connectivity index (χ3v) is 5.85. The van der Waals surface area contributed by atoms with Crippen molar-refractivity contribution in [3.63, 3.8) is 0 Å². The molecule has 1 amide bonds. The number of carbonyl (C=O) groups is 1. The molecular formula is C23H38N4O2. The zero-order valence-electron chi connectivity index (χ0n) is 18.5. The number of hydrogen-bond donors (Lipinski definition) is 3. The summed E-state index contributed by atoms with van der Waals surface area (Å²) in [4.78, 5) is 16.9. The summed E-state index contributed by atoms with van der Waals surface area (Å²) < 4.78 is 5.28. The van der Waals surface area contributed by atoms with Gasteiger partial charge in [0.2, 0.25) is 0 Å². The minimum atomic E-state index is -0.0220. The van der Waals surface area contributed by atoms with Gasteiger partial charge < -0.3 is 20.7 Å². The number of guanidine groups is 1. The molecule has 0 aliphatic heterocycles. The summed E-state index contributed by atoms with van der Waals surface area (Å²) >= 11 is 0. The summed E-state index contributed by atoms with van der Waals surface area (Å²) in [6.07, 6.45) is 5.82. The van der Waals surface area contributed by atoms with E-state index >= 15 is 0 Å². The van der Waals surface area contributed by atoms with Crippen molar-refractivity contribution in [3.8, 4) is 0 Å². The zero-order chi connectivity index (χ0) is 21.1. The number of aliphatic imine (C=N–C) groups is 1. The first-order valence-corrected chi connectivity index (χ1v) is 10.9. The summed E-state index contributed by atoms with van der Waals surface area (Å²) in [5.41, 5.74) is 2.12. The normalized spacial score (nSPS) is 16.6. The predicted molar refractivity (Wildman–Crippen MR) is 119 cm³/mol. The van der Waals surface area contributed by atoms with Crippen molar-refractivity contribution in [2.24, 2.45) is 10.4 Å². The van der Waals surface area contributed by atoms with Crippen LogP contribution in [0.4, 0.5) is 0 Å². The van der Waals surface area contributed by atoms with Gasteiger partial charge in [0.25, 0.3) is 5.91 Å². The average molecular weight is 403 g/mol. The molecule has 1 atom stereocenters. The first kappa shape index (κ1) is 23.2. The Morgan fingerprint density at radius 1 is 1.21 bits per heavy atom. The van der Waals surface area contributed by atoms with Crippen LogP contribution in [0.5, 0.6) is 0 Å². The minimum absolute atomic E-state index is 0.0220. The summed E-state index contributed by atoms with van der Waals surface area (Å²) in [7, 11) is 1.77. The van der Waals surface area contributed by atoms with Gasteiger partial charge in [0, 0.05) is 38.4 Å². The lowest BCUT2D eigenvalue weighted by Gasteiger charge is -2.42. The molecule has 1 unspecified atom stereocenters. The number of methoxy groups -OCH3 is 1.